The van der Waals surface area contributed by atoms with Crippen molar-refractivity contribution in [1.82, 2.24) is 4.90 Å². The van der Waals surface area contributed by atoms with Crippen LogP contribution in [0.1, 0.15) is 32.1 Å². The standard InChI is InChI=1S/C12H24N2O3/c1-17-8-6-11(13)12(16)14-7-4-2-3-5-10(14)9-15/h10-11,15H,2-9,13H2,1H3. The summed E-state index contributed by atoms with van der Waals surface area (Å²) in [7, 11) is 1.60. The van der Waals surface area contributed by atoms with Gasteiger partial charge >= 0.3 is 0 Å². The molecule has 1 aliphatic rings. The first-order chi connectivity index (χ1) is 8.20. The fraction of sp³-hybridized carbons (Fsp3) is 0.917. The molecule has 1 fully saturated rings. The second-order valence-electron chi connectivity index (χ2n) is 4.61. The van der Waals surface area contributed by atoms with Crippen LogP contribution in [0.5, 0.6) is 0 Å². The number of nitrogens with zero attached hydrogens (tertiary/aromatic N) is 1. The van der Waals surface area contributed by atoms with Crippen LogP contribution in [-0.2, 0) is 9.53 Å². The Balaban J connectivity index is 2.56. The number of rotatable bonds is 5. The number of aliphatic hydroxyl groups excluding tert-OH is 1. The lowest BCUT2D eigenvalue weighted by Gasteiger charge is -2.30. The van der Waals surface area contributed by atoms with Crippen LogP contribution in [0, 0.1) is 0 Å². The molecule has 0 spiro atoms. The van der Waals surface area contributed by atoms with Crippen molar-refractivity contribution in [1.29, 1.82) is 0 Å². The molecule has 1 heterocycles. The minimum atomic E-state index is -0.512. The van der Waals surface area contributed by atoms with E-state index < -0.39 is 6.04 Å². The number of amides is 1. The highest BCUT2D eigenvalue weighted by atomic mass is 16.5. The third kappa shape index (κ3) is 4.26. The molecular weight excluding hydrogens is 220 g/mol. The monoisotopic (exact) mass is 244 g/mol. The summed E-state index contributed by atoms with van der Waals surface area (Å²) < 4.78 is 4.93. The summed E-state index contributed by atoms with van der Waals surface area (Å²) in [6.07, 6.45) is 4.60. The van der Waals surface area contributed by atoms with E-state index in [-0.39, 0.29) is 18.6 Å². The fourth-order valence-corrected chi connectivity index (χ4v) is 2.24. The van der Waals surface area contributed by atoms with Gasteiger partial charge < -0.3 is 20.5 Å². The smallest absolute Gasteiger partial charge is 0.239 e. The maximum absolute atomic E-state index is 12.2. The van der Waals surface area contributed by atoms with Crippen molar-refractivity contribution in [3.8, 4) is 0 Å². The molecule has 3 N–H and O–H groups in total. The predicted molar refractivity (Wildman–Crippen MR) is 65.5 cm³/mol. The van der Waals surface area contributed by atoms with E-state index in [1.54, 1.807) is 12.0 Å². The van der Waals surface area contributed by atoms with Gasteiger partial charge in [-0.25, -0.2) is 0 Å². The number of hydrogen-bond donors (Lipinski definition) is 2. The van der Waals surface area contributed by atoms with Crippen molar-refractivity contribution in [2.45, 2.75) is 44.2 Å². The molecule has 2 unspecified atom stereocenters. The SMILES string of the molecule is COCCC(N)C(=O)N1CCCCCC1CO. The number of aliphatic hydroxyl groups is 1. The van der Waals surface area contributed by atoms with Crippen LogP contribution in [0.25, 0.3) is 0 Å². The van der Waals surface area contributed by atoms with Gasteiger partial charge in [0.05, 0.1) is 18.7 Å². The average Bonchev–Trinajstić information content (AvgIpc) is 2.59. The summed E-state index contributed by atoms with van der Waals surface area (Å²) in [4.78, 5) is 13.9. The third-order valence-electron chi connectivity index (χ3n) is 3.32. The number of ether oxygens (including phenoxy) is 1. The number of carbonyl (C=O) groups is 1. The van der Waals surface area contributed by atoms with Crippen molar-refractivity contribution in [3.63, 3.8) is 0 Å². The summed E-state index contributed by atoms with van der Waals surface area (Å²) in [6, 6.07) is -0.569. The Labute approximate surface area is 103 Å². The number of nitrogens with two attached hydrogens (primary N) is 1. The maximum atomic E-state index is 12.2. The largest absolute Gasteiger partial charge is 0.394 e. The lowest BCUT2D eigenvalue weighted by molar-refractivity contribution is -0.136. The Bertz CT molecular complexity index is 236. The summed E-state index contributed by atoms with van der Waals surface area (Å²) >= 11 is 0. The molecule has 1 rings (SSSR count). The molecule has 5 nitrogen and oxygen atoms in total. The van der Waals surface area contributed by atoms with Crippen LogP contribution in [0.4, 0.5) is 0 Å². The summed E-state index contributed by atoms with van der Waals surface area (Å²) in [5.74, 6) is -0.0528. The van der Waals surface area contributed by atoms with Crippen LogP contribution in [0.2, 0.25) is 0 Å². The van der Waals surface area contributed by atoms with Gasteiger partial charge in [0.15, 0.2) is 0 Å². The summed E-state index contributed by atoms with van der Waals surface area (Å²) in [5.41, 5.74) is 5.85. The second-order valence-corrected chi connectivity index (χ2v) is 4.61. The molecular formula is C12H24N2O3. The first-order valence-electron chi connectivity index (χ1n) is 6.36. The highest BCUT2D eigenvalue weighted by Crippen LogP contribution is 2.17. The molecule has 0 saturated carbocycles. The molecule has 0 radical (unpaired) electrons. The van der Waals surface area contributed by atoms with Gasteiger partial charge in [-0.1, -0.05) is 12.8 Å². The molecule has 0 aliphatic carbocycles. The van der Waals surface area contributed by atoms with Crippen LogP contribution >= 0.6 is 0 Å². The van der Waals surface area contributed by atoms with E-state index in [1.807, 2.05) is 0 Å². The molecule has 0 aromatic rings. The normalized spacial score (nSPS) is 23.2. The van der Waals surface area contributed by atoms with Crippen molar-refractivity contribution < 1.29 is 14.6 Å². The second kappa shape index (κ2) is 7.63. The van der Waals surface area contributed by atoms with Crippen LogP contribution in [0.15, 0.2) is 0 Å². The van der Waals surface area contributed by atoms with Crippen molar-refractivity contribution in [2.75, 3.05) is 26.9 Å². The van der Waals surface area contributed by atoms with Gasteiger partial charge in [-0.05, 0) is 19.3 Å². The minimum Gasteiger partial charge on any atom is -0.394 e. The van der Waals surface area contributed by atoms with Gasteiger partial charge in [-0.15, -0.1) is 0 Å². The molecule has 1 saturated heterocycles. The molecule has 1 aliphatic heterocycles. The van der Waals surface area contributed by atoms with E-state index in [2.05, 4.69) is 0 Å². The maximum Gasteiger partial charge on any atom is 0.239 e. The first kappa shape index (κ1) is 14.4. The van der Waals surface area contributed by atoms with E-state index in [4.69, 9.17) is 10.5 Å². The van der Waals surface area contributed by atoms with Gasteiger partial charge in [-0.3, -0.25) is 4.79 Å². The van der Waals surface area contributed by atoms with Gasteiger partial charge in [0.2, 0.25) is 5.91 Å². The Morgan fingerprint density at radius 3 is 2.94 bits per heavy atom. The average molecular weight is 244 g/mol. The van der Waals surface area contributed by atoms with Gasteiger partial charge in [0, 0.05) is 20.3 Å². The zero-order valence-electron chi connectivity index (χ0n) is 10.6. The molecule has 5 heteroatoms. The van der Waals surface area contributed by atoms with Crippen LogP contribution in [0.3, 0.4) is 0 Å². The topological polar surface area (TPSA) is 75.8 Å². The van der Waals surface area contributed by atoms with E-state index in [1.165, 1.54) is 0 Å². The van der Waals surface area contributed by atoms with Crippen molar-refractivity contribution >= 4 is 5.91 Å². The first-order valence-corrected chi connectivity index (χ1v) is 6.36. The third-order valence-corrected chi connectivity index (χ3v) is 3.32. The molecule has 0 aromatic carbocycles. The highest BCUT2D eigenvalue weighted by Gasteiger charge is 2.28. The van der Waals surface area contributed by atoms with E-state index in [0.29, 0.717) is 19.6 Å². The Morgan fingerprint density at radius 2 is 2.29 bits per heavy atom. The number of hydrogen-bond acceptors (Lipinski definition) is 4. The quantitative estimate of drug-likeness (QED) is 0.720. The lowest BCUT2D eigenvalue weighted by atomic mass is 10.1. The minimum absolute atomic E-state index is 0.0305. The molecule has 2 atom stereocenters. The van der Waals surface area contributed by atoms with E-state index >= 15 is 0 Å². The zero-order valence-corrected chi connectivity index (χ0v) is 10.6. The molecule has 17 heavy (non-hydrogen) atoms. The van der Waals surface area contributed by atoms with Gasteiger partial charge in [0.1, 0.15) is 0 Å². The number of carbonyl (C=O) groups excluding carboxylic acids is 1. The van der Waals surface area contributed by atoms with Crippen LogP contribution < -0.4 is 5.73 Å². The van der Waals surface area contributed by atoms with E-state index in [0.717, 1.165) is 25.7 Å². The fourth-order valence-electron chi connectivity index (χ4n) is 2.24. The van der Waals surface area contributed by atoms with Crippen molar-refractivity contribution in [2.24, 2.45) is 5.73 Å². The Morgan fingerprint density at radius 1 is 1.53 bits per heavy atom. The molecule has 1 amide bonds. The van der Waals surface area contributed by atoms with Gasteiger partial charge in [-0.2, -0.15) is 0 Å². The highest BCUT2D eigenvalue weighted by molar-refractivity contribution is 5.82. The summed E-state index contributed by atoms with van der Waals surface area (Å²) in [6.45, 7) is 1.23. The van der Waals surface area contributed by atoms with Crippen LogP contribution in [-0.4, -0.2) is 54.9 Å². The molecule has 100 valence electrons. The molecule has 0 bridgehead atoms. The van der Waals surface area contributed by atoms with Gasteiger partial charge in [0.25, 0.3) is 0 Å². The van der Waals surface area contributed by atoms with E-state index in [9.17, 15) is 9.90 Å². The Hall–Kier alpha value is -0.650. The zero-order chi connectivity index (χ0) is 12.7. The lowest BCUT2D eigenvalue weighted by Crippen LogP contribution is -2.50. The number of likely N-dealkylation sites (tertiary alicyclic amines) is 1. The molecule has 0 aromatic heterocycles. The summed E-state index contributed by atoms with van der Waals surface area (Å²) in [5, 5.41) is 9.33. The van der Waals surface area contributed by atoms with Crippen molar-refractivity contribution in [3.05, 3.63) is 0 Å². The Kier molecular flexibility index (Phi) is 6.47. The predicted octanol–water partition coefficient (Wildman–Crippen LogP) is 0.114. The number of methoxy groups -OCH3 is 1.